The Morgan fingerprint density at radius 3 is 2.79 bits per heavy atom. The van der Waals surface area contributed by atoms with Gasteiger partial charge in [0.2, 0.25) is 0 Å². The van der Waals surface area contributed by atoms with Gasteiger partial charge in [0.1, 0.15) is 0 Å². The first-order valence-corrected chi connectivity index (χ1v) is 5.12. The number of anilines is 2. The predicted molar refractivity (Wildman–Crippen MR) is 58.1 cm³/mol. The van der Waals surface area contributed by atoms with Gasteiger partial charge < -0.3 is 11.1 Å². The summed E-state index contributed by atoms with van der Waals surface area (Å²) in [5.41, 5.74) is 6.98. The molecule has 0 radical (unpaired) electrons. The number of nitrogens with zero attached hydrogens (tertiary/aromatic N) is 2. The largest absolute Gasteiger partial charge is 0.394 e. The lowest BCUT2D eigenvalue weighted by molar-refractivity contribution is 0.180. The highest BCUT2D eigenvalue weighted by atomic mass is 15.3. The summed E-state index contributed by atoms with van der Waals surface area (Å²) in [6.07, 6.45) is 5.81. The first kappa shape index (κ1) is 9.37. The van der Waals surface area contributed by atoms with E-state index in [4.69, 9.17) is 5.73 Å². The van der Waals surface area contributed by atoms with Gasteiger partial charge in [-0.1, -0.05) is 13.3 Å². The van der Waals surface area contributed by atoms with Gasteiger partial charge in [-0.25, -0.2) is 0 Å². The van der Waals surface area contributed by atoms with Crippen LogP contribution < -0.4 is 11.1 Å². The van der Waals surface area contributed by atoms with E-state index in [-0.39, 0.29) is 0 Å². The quantitative estimate of drug-likeness (QED) is 0.768. The molecule has 0 aromatic carbocycles. The molecule has 0 bridgehead atoms. The van der Waals surface area contributed by atoms with Crippen LogP contribution in [0.4, 0.5) is 11.5 Å². The van der Waals surface area contributed by atoms with Gasteiger partial charge >= 0.3 is 0 Å². The molecule has 3 N–H and O–H groups in total. The van der Waals surface area contributed by atoms with Crippen molar-refractivity contribution in [1.82, 2.24) is 9.78 Å². The van der Waals surface area contributed by atoms with Gasteiger partial charge in [0.25, 0.3) is 0 Å². The van der Waals surface area contributed by atoms with Crippen LogP contribution in [0.2, 0.25) is 0 Å². The smallest absolute Gasteiger partial charge is 0.171 e. The Morgan fingerprint density at radius 1 is 1.64 bits per heavy atom. The van der Waals surface area contributed by atoms with Gasteiger partial charge in [0.05, 0.1) is 5.69 Å². The molecule has 1 heterocycles. The summed E-state index contributed by atoms with van der Waals surface area (Å²) in [5, 5.41) is 7.57. The molecule has 14 heavy (non-hydrogen) atoms. The molecule has 4 heteroatoms. The molecule has 0 saturated heterocycles. The fraction of sp³-hybridized carbons (Fsp3) is 0.700. The third-order valence-electron chi connectivity index (χ3n) is 3.10. The number of hydrogen-bond donors (Lipinski definition) is 2. The summed E-state index contributed by atoms with van der Waals surface area (Å²) in [6, 6.07) is 0. The molecule has 2 rings (SSSR count). The normalized spacial score (nSPS) is 19.0. The zero-order valence-corrected chi connectivity index (χ0v) is 8.88. The lowest BCUT2D eigenvalue weighted by atomic mass is 9.70. The average molecular weight is 194 g/mol. The zero-order valence-electron chi connectivity index (χ0n) is 8.88. The van der Waals surface area contributed by atoms with Crippen molar-refractivity contribution in [2.75, 3.05) is 17.6 Å². The fourth-order valence-corrected chi connectivity index (χ4v) is 1.90. The monoisotopic (exact) mass is 194 g/mol. The van der Waals surface area contributed by atoms with E-state index >= 15 is 0 Å². The summed E-state index contributed by atoms with van der Waals surface area (Å²) in [7, 11) is 1.88. The Hall–Kier alpha value is -1.19. The third-order valence-corrected chi connectivity index (χ3v) is 3.10. The van der Waals surface area contributed by atoms with Crippen molar-refractivity contribution in [1.29, 1.82) is 0 Å². The molecule has 78 valence electrons. The lowest BCUT2D eigenvalue weighted by Crippen LogP contribution is -2.33. The van der Waals surface area contributed by atoms with Crippen LogP contribution in [-0.2, 0) is 7.05 Å². The van der Waals surface area contributed by atoms with Crippen molar-refractivity contribution in [3.05, 3.63) is 6.20 Å². The van der Waals surface area contributed by atoms with Gasteiger partial charge in [-0.2, -0.15) is 5.10 Å². The fourth-order valence-electron chi connectivity index (χ4n) is 1.90. The maximum absolute atomic E-state index is 5.78. The molecule has 0 amide bonds. The molecule has 0 unspecified atom stereocenters. The second-order valence-electron chi connectivity index (χ2n) is 4.62. The molecule has 1 saturated carbocycles. The summed E-state index contributed by atoms with van der Waals surface area (Å²) < 4.78 is 1.74. The average Bonchev–Trinajstić information content (AvgIpc) is 2.38. The van der Waals surface area contributed by atoms with Crippen LogP contribution >= 0.6 is 0 Å². The number of nitrogen functional groups attached to an aromatic ring is 1. The van der Waals surface area contributed by atoms with Crippen molar-refractivity contribution in [3.63, 3.8) is 0 Å². The molecule has 0 aliphatic heterocycles. The van der Waals surface area contributed by atoms with Crippen LogP contribution in [0, 0.1) is 5.41 Å². The van der Waals surface area contributed by atoms with E-state index in [0.717, 1.165) is 18.1 Å². The second kappa shape index (κ2) is 3.19. The van der Waals surface area contributed by atoms with E-state index < -0.39 is 0 Å². The second-order valence-corrected chi connectivity index (χ2v) is 4.62. The maximum Gasteiger partial charge on any atom is 0.171 e. The molecular formula is C10H18N4. The highest BCUT2D eigenvalue weighted by Crippen LogP contribution is 2.40. The number of aromatic nitrogens is 2. The predicted octanol–water partition coefficient (Wildman–Crippen LogP) is 1.60. The molecule has 1 aliphatic rings. The van der Waals surface area contributed by atoms with Crippen LogP contribution in [0.3, 0.4) is 0 Å². The molecule has 0 spiro atoms. The van der Waals surface area contributed by atoms with Crippen molar-refractivity contribution in [2.45, 2.75) is 26.2 Å². The molecule has 1 aliphatic carbocycles. The molecule has 0 atom stereocenters. The Labute approximate surface area is 84.5 Å². The van der Waals surface area contributed by atoms with E-state index in [9.17, 15) is 0 Å². The van der Waals surface area contributed by atoms with E-state index in [1.54, 1.807) is 4.68 Å². The van der Waals surface area contributed by atoms with Crippen LogP contribution in [0.15, 0.2) is 6.20 Å². The highest BCUT2D eigenvalue weighted by molar-refractivity contribution is 5.59. The minimum absolute atomic E-state index is 0.462. The van der Waals surface area contributed by atoms with Crippen LogP contribution in [-0.4, -0.2) is 16.3 Å². The molecule has 1 aromatic rings. The van der Waals surface area contributed by atoms with Gasteiger partial charge in [-0.05, 0) is 18.3 Å². The number of nitrogens with one attached hydrogen (secondary N) is 1. The van der Waals surface area contributed by atoms with Crippen molar-refractivity contribution in [2.24, 2.45) is 12.5 Å². The topological polar surface area (TPSA) is 55.9 Å². The Balaban J connectivity index is 1.94. The number of hydrogen-bond acceptors (Lipinski definition) is 3. The van der Waals surface area contributed by atoms with Crippen LogP contribution in [0.1, 0.15) is 26.2 Å². The molecular weight excluding hydrogens is 176 g/mol. The SMILES string of the molecule is Cn1cc(N)c(NCC2(C)CCC2)n1. The Morgan fingerprint density at radius 2 is 2.36 bits per heavy atom. The summed E-state index contributed by atoms with van der Waals surface area (Å²) >= 11 is 0. The van der Waals surface area contributed by atoms with Gasteiger partial charge in [0, 0.05) is 19.8 Å². The number of aryl methyl sites for hydroxylation is 1. The molecule has 4 nitrogen and oxygen atoms in total. The van der Waals surface area contributed by atoms with E-state index in [1.165, 1.54) is 19.3 Å². The maximum atomic E-state index is 5.78. The third kappa shape index (κ3) is 1.69. The first-order valence-electron chi connectivity index (χ1n) is 5.12. The van der Waals surface area contributed by atoms with Crippen LogP contribution in [0.25, 0.3) is 0 Å². The Bertz CT molecular complexity index is 325. The molecule has 1 aromatic heterocycles. The highest BCUT2D eigenvalue weighted by Gasteiger charge is 2.31. The van der Waals surface area contributed by atoms with Crippen LogP contribution in [0.5, 0.6) is 0 Å². The van der Waals surface area contributed by atoms with E-state index in [0.29, 0.717) is 5.41 Å². The van der Waals surface area contributed by atoms with Gasteiger partial charge in [-0.3, -0.25) is 4.68 Å². The summed E-state index contributed by atoms with van der Waals surface area (Å²) in [6.45, 7) is 3.29. The molecule has 1 fully saturated rings. The van der Waals surface area contributed by atoms with E-state index in [1.807, 2.05) is 13.2 Å². The minimum Gasteiger partial charge on any atom is -0.394 e. The Kier molecular flexibility index (Phi) is 2.13. The van der Waals surface area contributed by atoms with Crippen molar-refractivity contribution in [3.8, 4) is 0 Å². The zero-order chi connectivity index (χ0) is 10.2. The standard InChI is InChI=1S/C10H18N4/c1-10(4-3-5-10)7-12-9-8(11)6-14(2)13-9/h6H,3-5,7,11H2,1-2H3,(H,12,13). The summed E-state index contributed by atoms with van der Waals surface area (Å²) in [4.78, 5) is 0. The van der Waals surface area contributed by atoms with Gasteiger partial charge in [-0.15, -0.1) is 0 Å². The summed E-state index contributed by atoms with van der Waals surface area (Å²) in [5.74, 6) is 0.820. The van der Waals surface area contributed by atoms with Crippen molar-refractivity contribution < 1.29 is 0 Å². The first-order chi connectivity index (χ1) is 6.59. The number of rotatable bonds is 3. The number of nitrogens with two attached hydrogens (primary N) is 1. The minimum atomic E-state index is 0.462. The van der Waals surface area contributed by atoms with E-state index in [2.05, 4.69) is 17.3 Å². The lowest BCUT2D eigenvalue weighted by Gasteiger charge is -2.38. The van der Waals surface area contributed by atoms with Gasteiger partial charge in [0.15, 0.2) is 5.82 Å². The van der Waals surface area contributed by atoms with Crippen molar-refractivity contribution >= 4 is 11.5 Å².